The number of rotatable bonds is 3. The molecule has 0 aliphatic heterocycles. The molecule has 1 atom stereocenters. The van der Waals surface area contributed by atoms with E-state index in [0.717, 1.165) is 29.7 Å². The van der Waals surface area contributed by atoms with Crippen molar-refractivity contribution in [2.75, 3.05) is 12.4 Å². The van der Waals surface area contributed by atoms with Crippen molar-refractivity contribution < 1.29 is 18.7 Å². The number of methoxy groups -OCH3 is 1. The van der Waals surface area contributed by atoms with E-state index in [1.165, 1.54) is 24.5 Å². The smallest absolute Gasteiger partial charge is 0.344 e. The van der Waals surface area contributed by atoms with Crippen molar-refractivity contribution in [1.29, 1.82) is 0 Å². The van der Waals surface area contributed by atoms with Crippen LogP contribution >= 0.6 is 11.3 Å². The van der Waals surface area contributed by atoms with E-state index in [-0.39, 0.29) is 11.2 Å². The molecule has 4 rings (SSSR count). The van der Waals surface area contributed by atoms with Crippen LogP contribution in [-0.4, -0.2) is 19.0 Å². The molecule has 31 heavy (non-hydrogen) atoms. The number of nitrogens with one attached hydrogen (secondary N) is 1. The van der Waals surface area contributed by atoms with Crippen LogP contribution in [0.3, 0.4) is 0 Å². The molecule has 1 aliphatic rings. The molecule has 0 saturated heterocycles. The molecule has 162 valence electrons. The number of anilines is 1. The summed E-state index contributed by atoms with van der Waals surface area (Å²) in [6, 6.07) is 8.46. The van der Waals surface area contributed by atoms with Crippen LogP contribution in [0.15, 0.2) is 39.5 Å². The largest absolute Gasteiger partial charge is 0.465 e. The Bertz CT molecular complexity index is 1230. The molecular weight excluding hydrogens is 414 g/mol. The summed E-state index contributed by atoms with van der Waals surface area (Å²) in [6.45, 7) is 6.67. The van der Waals surface area contributed by atoms with E-state index in [1.54, 1.807) is 24.3 Å². The molecule has 3 aromatic rings. The zero-order chi connectivity index (χ0) is 22.3. The third-order valence-electron chi connectivity index (χ3n) is 6.00. The molecule has 2 aromatic heterocycles. The van der Waals surface area contributed by atoms with Crippen molar-refractivity contribution in [2.45, 2.75) is 40.0 Å². The van der Waals surface area contributed by atoms with Gasteiger partial charge in [-0.2, -0.15) is 0 Å². The summed E-state index contributed by atoms with van der Waals surface area (Å²) in [4.78, 5) is 38.8. The highest BCUT2D eigenvalue weighted by Gasteiger charge is 2.34. The highest BCUT2D eigenvalue weighted by molar-refractivity contribution is 7.17. The van der Waals surface area contributed by atoms with Crippen LogP contribution in [0.4, 0.5) is 5.00 Å². The quantitative estimate of drug-likeness (QED) is 0.578. The van der Waals surface area contributed by atoms with Gasteiger partial charge < -0.3 is 14.5 Å². The van der Waals surface area contributed by atoms with E-state index in [1.807, 2.05) is 0 Å². The number of fused-ring (bicyclic) bond motifs is 2. The van der Waals surface area contributed by atoms with E-state index in [0.29, 0.717) is 27.3 Å². The molecular formula is C24H25NO5S. The van der Waals surface area contributed by atoms with Gasteiger partial charge in [0, 0.05) is 4.88 Å². The second-order valence-electron chi connectivity index (χ2n) is 8.94. The maximum absolute atomic E-state index is 12.9. The molecule has 0 bridgehead atoms. The van der Waals surface area contributed by atoms with Crippen LogP contribution in [0.1, 0.15) is 58.5 Å². The maximum atomic E-state index is 12.9. The molecule has 0 unspecified atom stereocenters. The number of thiophene rings is 1. The van der Waals surface area contributed by atoms with Crippen LogP contribution in [0.5, 0.6) is 0 Å². The van der Waals surface area contributed by atoms with Gasteiger partial charge in [0.1, 0.15) is 5.00 Å². The van der Waals surface area contributed by atoms with Crippen molar-refractivity contribution in [3.63, 3.8) is 0 Å². The fraction of sp³-hybridized carbons (Fsp3) is 0.375. The minimum Gasteiger partial charge on any atom is -0.465 e. The Balaban J connectivity index is 1.70. The fourth-order valence-electron chi connectivity index (χ4n) is 4.14. The Morgan fingerprint density at radius 3 is 2.68 bits per heavy atom. The first-order valence-electron chi connectivity index (χ1n) is 10.3. The zero-order valence-electron chi connectivity index (χ0n) is 18.0. The highest BCUT2D eigenvalue weighted by atomic mass is 32.1. The minimum atomic E-state index is -0.574. The van der Waals surface area contributed by atoms with Crippen LogP contribution < -0.4 is 10.9 Å². The number of esters is 1. The predicted molar refractivity (Wildman–Crippen MR) is 121 cm³/mol. The van der Waals surface area contributed by atoms with E-state index in [9.17, 15) is 14.4 Å². The number of amides is 1. The van der Waals surface area contributed by atoms with Gasteiger partial charge in [-0.05, 0) is 53.7 Å². The zero-order valence-corrected chi connectivity index (χ0v) is 18.9. The summed E-state index contributed by atoms with van der Waals surface area (Å²) in [7, 11) is 1.33. The van der Waals surface area contributed by atoms with Gasteiger partial charge >= 0.3 is 11.6 Å². The number of hydrogen-bond acceptors (Lipinski definition) is 6. The summed E-state index contributed by atoms with van der Waals surface area (Å²) in [5.74, 6) is -0.648. The number of carbonyl (C=O) groups excluding carboxylic acids is 2. The van der Waals surface area contributed by atoms with Gasteiger partial charge in [0.2, 0.25) is 0 Å². The van der Waals surface area contributed by atoms with Gasteiger partial charge in [0.05, 0.1) is 18.1 Å². The molecule has 0 radical (unpaired) electrons. The SMILES string of the molecule is COC(=O)c1c(NC(=O)c2cc3ccccc3c(=O)o2)sc2c1CC[C@H](C(C)(C)C)C2. The van der Waals surface area contributed by atoms with Crippen molar-refractivity contribution in [3.8, 4) is 0 Å². The number of benzene rings is 1. The molecule has 0 saturated carbocycles. The Morgan fingerprint density at radius 1 is 1.23 bits per heavy atom. The van der Waals surface area contributed by atoms with Gasteiger partial charge in [0.25, 0.3) is 5.91 Å². The topological polar surface area (TPSA) is 85.6 Å². The van der Waals surface area contributed by atoms with Crippen LogP contribution in [0.25, 0.3) is 10.8 Å². The van der Waals surface area contributed by atoms with E-state index in [2.05, 4.69) is 26.1 Å². The summed E-state index contributed by atoms with van der Waals surface area (Å²) < 4.78 is 10.2. The molecule has 1 N–H and O–H groups in total. The standard InChI is InChI=1S/C24H25NO5S/c1-24(2,3)14-9-10-16-18(12-14)31-21(19(16)23(28)29-4)25-20(26)17-11-13-7-5-6-8-15(13)22(27)30-17/h5-8,11,14H,9-10,12H2,1-4H3,(H,25,26)/t14-/m0/s1. The second kappa shape index (κ2) is 7.96. The molecule has 0 spiro atoms. The normalized spacial score (nSPS) is 16.1. The lowest BCUT2D eigenvalue weighted by Gasteiger charge is -2.33. The summed E-state index contributed by atoms with van der Waals surface area (Å²) in [5.41, 5.74) is 0.944. The molecule has 6 nitrogen and oxygen atoms in total. The van der Waals surface area contributed by atoms with Crippen LogP contribution in [-0.2, 0) is 17.6 Å². The molecule has 1 aliphatic carbocycles. The van der Waals surface area contributed by atoms with Gasteiger partial charge in [-0.15, -0.1) is 11.3 Å². The summed E-state index contributed by atoms with van der Waals surface area (Å²) in [5, 5.41) is 4.26. The number of ether oxygens (including phenoxy) is 1. The second-order valence-corrected chi connectivity index (χ2v) is 10.0. The molecule has 1 aromatic carbocycles. The number of hydrogen-bond donors (Lipinski definition) is 1. The first-order valence-corrected chi connectivity index (χ1v) is 11.1. The lowest BCUT2D eigenvalue weighted by molar-refractivity contribution is 0.0600. The maximum Gasteiger partial charge on any atom is 0.344 e. The first kappa shape index (κ1) is 21.3. The van der Waals surface area contributed by atoms with Crippen LogP contribution in [0, 0.1) is 11.3 Å². The van der Waals surface area contributed by atoms with Crippen LogP contribution in [0.2, 0.25) is 0 Å². The van der Waals surface area contributed by atoms with E-state index < -0.39 is 17.5 Å². The van der Waals surface area contributed by atoms with Gasteiger partial charge in [-0.3, -0.25) is 4.79 Å². The number of carbonyl (C=O) groups is 2. The Labute approximate surface area is 184 Å². The Morgan fingerprint density at radius 2 is 1.97 bits per heavy atom. The third-order valence-corrected chi connectivity index (χ3v) is 7.17. The van der Waals surface area contributed by atoms with Crippen molar-refractivity contribution in [3.05, 3.63) is 62.5 Å². The average molecular weight is 440 g/mol. The lowest BCUT2D eigenvalue weighted by Crippen LogP contribution is -2.26. The fourth-order valence-corrected chi connectivity index (χ4v) is 5.45. The van der Waals surface area contributed by atoms with Gasteiger partial charge in [-0.25, -0.2) is 9.59 Å². The predicted octanol–water partition coefficient (Wildman–Crippen LogP) is 5.04. The lowest BCUT2D eigenvalue weighted by atomic mass is 9.72. The van der Waals surface area contributed by atoms with Gasteiger partial charge in [-0.1, -0.05) is 39.0 Å². The van der Waals surface area contributed by atoms with Crippen molar-refractivity contribution in [2.24, 2.45) is 11.3 Å². The summed E-state index contributed by atoms with van der Waals surface area (Å²) in [6.07, 6.45) is 2.59. The monoisotopic (exact) mass is 439 g/mol. The van der Waals surface area contributed by atoms with Gasteiger partial charge in [0.15, 0.2) is 5.76 Å². The Hall–Kier alpha value is -2.93. The third kappa shape index (κ3) is 4.02. The minimum absolute atomic E-state index is 0.0987. The molecule has 7 heteroatoms. The molecule has 0 fully saturated rings. The first-order chi connectivity index (χ1) is 14.7. The van der Waals surface area contributed by atoms with Crippen molar-refractivity contribution >= 4 is 39.0 Å². The molecule has 1 amide bonds. The van der Waals surface area contributed by atoms with E-state index >= 15 is 0 Å². The average Bonchev–Trinajstić information content (AvgIpc) is 3.09. The Kier molecular flexibility index (Phi) is 5.47. The highest BCUT2D eigenvalue weighted by Crippen LogP contribution is 2.44. The molecule has 2 heterocycles. The van der Waals surface area contributed by atoms with Crippen molar-refractivity contribution in [1.82, 2.24) is 0 Å². The van der Waals surface area contributed by atoms with E-state index in [4.69, 9.17) is 9.15 Å². The summed E-state index contributed by atoms with van der Waals surface area (Å²) >= 11 is 1.40.